The minimum absolute atomic E-state index is 0.0747. The zero-order valence-electron chi connectivity index (χ0n) is 18.1. The number of ether oxygens (including phenoxy) is 1. The van der Waals surface area contributed by atoms with Crippen LogP contribution in [-0.4, -0.2) is 35.6 Å². The molecule has 2 aliphatic carbocycles. The van der Waals surface area contributed by atoms with Crippen molar-refractivity contribution >= 4 is 17.5 Å². The number of hydrogen-bond donors (Lipinski definition) is 0. The van der Waals surface area contributed by atoms with Crippen molar-refractivity contribution in [3.8, 4) is 0 Å². The maximum atomic E-state index is 13.2. The van der Waals surface area contributed by atoms with Crippen LogP contribution in [-0.2, 0) is 19.1 Å². The molecule has 3 aliphatic rings. The van der Waals surface area contributed by atoms with Crippen molar-refractivity contribution < 1.29 is 19.1 Å². The Bertz CT molecular complexity index is 730. The molecule has 28 heavy (non-hydrogen) atoms. The predicted molar refractivity (Wildman–Crippen MR) is 107 cm³/mol. The minimum atomic E-state index is -0.422. The first-order valence-corrected chi connectivity index (χ1v) is 10.4. The number of hydrogen-bond acceptors (Lipinski definition) is 5. The second-order valence-corrected chi connectivity index (χ2v) is 10.1. The van der Waals surface area contributed by atoms with Gasteiger partial charge in [-0.2, -0.15) is 0 Å². The van der Waals surface area contributed by atoms with Gasteiger partial charge in [0.15, 0.2) is 11.6 Å². The molecule has 0 saturated heterocycles. The molecule has 0 aromatic rings. The predicted octanol–water partition coefficient (Wildman–Crippen LogP) is 4.18. The standard InChI is InChI=1S/C23H33NO4/c1-7-8-24-16-9-22(3,4)11-18(26)20(16)15(13-28-14(2)25)21-17(24)10-23(5,6)12-19(21)27/h15H,7-13H2,1-6H3. The molecule has 0 aromatic carbocycles. The quantitative estimate of drug-likeness (QED) is 0.677. The van der Waals surface area contributed by atoms with E-state index in [1.165, 1.54) is 6.92 Å². The Kier molecular flexibility index (Phi) is 5.32. The summed E-state index contributed by atoms with van der Waals surface area (Å²) in [6.07, 6.45) is 3.47. The van der Waals surface area contributed by atoms with Crippen molar-refractivity contribution in [1.82, 2.24) is 4.90 Å². The highest BCUT2D eigenvalue weighted by Crippen LogP contribution is 2.51. The van der Waals surface area contributed by atoms with Crippen LogP contribution in [0.3, 0.4) is 0 Å². The van der Waals surface area contributed by atoms with E-state index in [9.17, 15) is 14.4 Å². The molecule has 0 aromatic heterocycles. The molecule has 0 bridgehead atoms. The van der Waals surface area contributed by atoms with Crippen LogP contribution < -0.4 is 0 Å². The van der Waals surface area contributed by atoms with E-state index in [0.717, 1.165) is 37.2 Å². The van der Waals surface area contributed by atoms with Crippen molar-refractivity contribution in [1.29, 1.82) is 0 Å². The van der Waals surface area contributed by atoms with E-state index in [0.29, 0.717) is 24.0 Å². The number of carbonyl (C=O) groups excluding carboxylic acids is 3. The van der Waals surface area contributed by atoms with Gasteiger partial charge in [-0.05, 0) is 30.1 Å². The van der Waals surface area contributed by atoms with Gasteiger partial charge in [0.25, 0.3) is 0 Å². The van der Waals surface area contributed by atoms with Gasteiger partial charge in [-0.25, -0.2) is 0 Å². The van der Waals surface area contributed by atoms with Gasteiger partial charge in [0.2, 0.25) is 0 Å². The van der Waals surface area contributed by atoms with E-state index < -0.39 is 5.92 Å². The highest BCUT2D eigenvalue weighted by atomic mass is 16.5. The second kappa shape index (κ2) is 7.16. The average Bonchev–Trinajstić information content (AvgIpc) is 2.52. The first-order chi connectivity index (χ1) is 13.0. The molecule has 0 fully saturated rings. The minimum Gasteiger partial charge on any atom is -0.465 e. The maximum Gasteiger partial charge on any atom is 0.302 e. The van der Waals surface area contributed by atoms with Crippen LogP contribution in [0.15, 0.2) is 22.5 Å². The Morgan fingerprint density at radius 3 is 1.82 bits per heavy atom. The van der Waals surface area contributed by atoms with E-state index in [1.807, 2.05) is 0 Å². The summed E-state index contributed by atoms with van der Waals surface area (Å²) in [6, 6.07) is 0. The largest absolute Gasteiger partial charge is 0.465 e. The Morgan fingerprint density at radius 1 is 0.964 bits per heavy atom. The molecule has 0 unspecified atom stereocenters. The summed E-state index contributed by atoms with van der Waals surface area (Å²) < 4.78 is 5.34. The number of nitrogens with zero attached hydrogens (tertiary/aromatic N) is 1. The van der Waals surface area contributed by atoms with Crippen LogP contribution in [0.2, 0.25) is 0 Å². The lowest BCUT2D eigenvalue weighted by molar-refractivity contribution is -0.142. The van der Waals surface area contributed by atoms with Crippen LogP contribution >= 0.6 is 0 Å². The number of allylic oxidation sites excluding steroid dienone is 2. The monoisotopic (exact) mass is 387 g/mol. The lowest BCUT2D eigenvalue weighted by Crippen LogP contribution is -2.46. The van der Waals surface area contributed by atoms with Gasteiger partial charge in [0.1, 0.15) is 6.61 Å². The molecule has 0 amide bonds. The first kappa shape index (κ1) is 20.8. The summed E-state index contributed by atoms with van der Waals surface area (Å²) in [5.74, 6) is -0.621. The number of carbonyl (C=O) groups is 3. The summed E-state index contributed by atoms with van der Waals surface area (Å²) in [4.78, 5) is 40.2. The molecule has 5 nitrogen and oxygen atoms in total. The van der Waals surface area contributed by atoms with Crippen LogP contribution in [0.4, 0.5) is 0 Å². The first-order valence-electron chi connectivity index (χ1n) is 10.4. The molecule has 0 N–H and O–H groups in total. The molecule has 0 saturated carbocycles. The Labute approximate surface area is 168 Å². The third-order valence-corrected chi connectivity index (χ3v) is 6.04. The van der Waals surface area contributed by atoms with Gasteiger partial charge < -0.3 is 9.64 Å². The zero-order chi connectivity index (χ0) is 20.9. The van der Waals surface area contributed by atoms with Crippen molar-refractivity contribution in [2.45, 2.75) is 73.6 Å². The van der Waals surface area contributed by atoms with E-state index in [4.69, 9.17) is 4.74 Å². The number of rotatable bonds is 4. The van der Waals surface area contributed by atoms with Crippen LogP contribution in [0.5, 0.6) is 0 Å². The van der Waals surface area contributed by atoms with Crippen molar-refractivity contribution in [3.05, 3.63) is 22.5 Å². The molecule has 1 heterocycles. The fraction of sp³-hybridized carbons (Fsp3) is 0.696. The molecule has 0 spiro atoms. The lowest BCUT2D eigenvalue weighted by atomic mass is 9.65. The van der Waals surface area contributed by atoms with Crippen molar-refractivity contribution in [3.63, 3.8) is 0 Å². The van der Waals surface area contributed by atoms with Gasteiger partial charge in [-0.15, -0.1) is 0 Å². The number of Topliss-reactive ketones (excluding diaryl/α,β-unsaturated/α-hetero) is 2. The maximum absolute atomic E-state index is 13.2. The Hall–Kier alpha value is -1.91. The Balaban J connectivity index is 2.18. The van der Waals surface area contributed by atoms with Crippen molar-refractivity contribution in [2.24, 2.45) is 16.7 Å². The summed E-state index contributed by atoms with van der Waals surface area (Å²) >= 11 is 0. The summed E-state index contributed by atoms with van der Waals surface area (Å²) in [5.41, 5.74) is 3.29. The summed E-state index contributed by atoms with van der Waals surface area (Å²) in [6.45, 7) is 12.9. The molecule has 5 heteroatoms. The molecule has 0 radical (unpaired) electrons. The van der Waals surface area contributed by atoms with Crippen LogP contribution in [0.25, 0.3) is 0 Å². The zero-order valence-corrected chi connectivity index (χ0v) is 18.1. The van der Waals surface area contributed by atoms with E-state index >= 15 is 0 Å². The van der Waals surface area contributed by atoms with Gasteiger partial charge in [0, 0.05) is 48.9 Å². The second-order valence-electron chi connectivity index (χ2n) is 10.1. The highest BCUT2D eigenvalue weighted by molar-refractivity contribution is 6.05. The summed E-state index contributed by atoms with van der Waals surface area (Å²) in [7, 11) is 0. The highest BCUT2D eigenvalue weighted by Gasteiger charge is 2.48. The van der Waals surface area contributed by atoms with Gasteiger partial charge in [0.05, 0.1) is 5.92 Å². The fourth-order valence-electron chi connectivity index (χ4n) is 5.04. The molecule has 3 rings (SSSR count). The van der Waals surface area contributed by atoms with Gasteiger partial charge >= 0.3 is 5.97 Å². The van der Waals surface area contributed by atoms with E-state index in [1.54, 1.807) is 0 Å². The lowest BCUT2D eigenvalue weighted by Gasteiger charge is -2.48. The van der Waals surface area contributed by atoms with E-state index in [-0.39, 0.29) is 35.0 Å². The van der Waals surface area contributed by atoms with E-state index in [2.05, 4.69) is 39.5 Å². The smallest absolute Gasteiger partial charge is 0.302 e. The third kappa shape index (κ3) is 3.81. The van der Waals surface area contributed by atoms with Crippen LogP contribution in [0, 0.1) is 16.7 Å². The normalized spacial score (nSPS) is 24.3. The summed E-state index contributed by atoms with van der Waals surface area (Å²) in [5, 5.41) is 0. The fourth-order valence-corrected chi connectivity index (χ4v) is 5.04. The average molecular weight is 388 g/mol. The topological polar surface area (TPSA) is 63.7 Å². The Morgan fingerprint density at radius 2 is 1.43 bits per heavy atom. The van der Waals surface area contributed by atoms with Crippen LogP contribution in [0.1, 0.15) is 73.6 Å². The molecule has 1 aliphatic heterocycles. The molecule has 0 atom stereocenters. The molecular weight excluding hydrogens is 354 g/mol. The number of ketones is 2. The number of esters is 1. The van der Waals surface area contributed by atoms with Crippen molar-refractivity contribution in [2.75, 3.05) is 13.2 Å². The third-order valence-electron chi connectivity index (χ3n) is 6.04. The molecule has 154 valence electrons. The SMILES string of the molecule is CCCN1C2=C(C(=O)CC(C)(C)C2)C(COC(C)=O)C2=C1CC(C)(C)CC2=O. The molecular formula is C23H33NO4. The van der Waals surface area contributed by atoms with Gasteiger partial charge in [-0.1, -0.05) is 34.6 Å². The van der Waals surface area contributed by atoms with Gasteiger partial charge in [-0.3, -0.25) is 14.4 Å².